The first-order chi connectivity index (χ1) is 13.1. The number of nitrogens with one attached hydrogen (secondary N) is 2. The molecule has 1 heterocycles. The Labute approximate surface area is 187 Å². The summed E-state index contributed by atoms with van der Waals surface area (Å²) < 4.78 is 18.7. The van der Waals surface area contributed by atoms with E-state index < -0.39 is 5.82 Å². The van der Waals surface area contributed by atoms with Crippen LogP contribution in [0.4, 0.5) is 10.1 Å². The monoisotopic (exact) mass is 518 g/mol. The molecule has 0 aromatic heterocycles. The molecule has 2 aromatic rings. The zero-order valence-corrected chi connectivity index (χ0v) is 19.0. The highest BCUT2D eigenvalue weighted by atomic mass is 127. The molecule has 0 radical (unpaired) electrons. The standard InChI is InChI=1S/C20H24ClFN4O.HI/c1-23-20(24-12-14-7-8-17(22)16(21)11-14)25-15-9-10-26(13-15)18-5-3-4-6-19(18)27-2;/h3-8,11,15H,9-10,12-13H2,1-2H3,(H2,23,24,25);1H. The van der Waals surface area contributed by atoms with E-state index in [1.807, 2.05) is 18.2 Å². The van der Waals surface area contributed by atoms with E-state index in [9.17, 15) is 4.39 Å². The first kappa shape index (κ1) is 22.5. The van der Waals surface area contributed by atoms with Crippen molar-refractivity contribution in [2.75, 3.05) is 32.1 Å². The SMILES string of the molecule is CN=C(NCc1ccc(F)c(Cl)c1)NC1CCN(c2ccccc2OC)C1.I. The number of guanidine groups is 1. The summed E-state index contributed by atoms with van der Waals surface area (Å²) >= 11 is 5.84. The fourth-order valence-electron chi connectivity index (χ4n) is 3.21. The summed E-state index contributed by atoms with van der Waals surface area (Å²) in [5, 5.41) is 6.82. The highest BCUT2D eigenvalue weighted by Gasteiger charge is 2.25. The molecule has 1 saturated heterocycles. The van der Waals surface area contributed by atoms with E-state index in [0.29, 0.717) is 12.5 Å². The average molecular weight is 519 g/mol. The Morgan fingerprint density at radius 2 is 2.11 bits per heavy atom. The lowest BCUT2D eigenvalue weighted by Gasteiger charge is -2.22. The molecule has 8 heteroatoms. The third kappa shape index (κ3) is 5.64. The van der Waals surface area contributed by atoms with Crippen molar-refractivity contribution in [1.29, 1.82) is 0 Å². The summed E-state index contributed by atoms with van der Waals surface area (Å²) in [6.07, 6.45) is 1.00. The second kappa shape index (κ2) is 10.7. The van der Waals surface area contributed by atoms with Crippen LogP contribution in [-0.4, -0.2) is 39.2 Å². The van der Waals surface area contributed by atoms with Gasteiger partial charge in [-0.05, 0) is 36.2 Å². The Kier molecular flexibility index (Phi) is 8.62. The van der Waals surface area contributed by atoms with Gasteiger partial charge in [0.25, 0.3) is 0 Å². The molecule has 0 saturated carbocycles. The van der Waals surface area contributed by atoms with Gasteiger partial charge in [0.1, 0.15) is 11.6 Å². The maximum Gasteiger partial charge on any atom is 0.191 e. The first-order valence-electron chi connectivity index (χ1n) is 8.89. The molecular weight excluding hydrogens is 494 g/mol. The van der Waals surface area contributed by atoms with Gasteiger partial charge in [-0.2, -0.15) is 0 Å². The van der Waals surface area contributed by atoms with Crippen LogP contribution >= 0.6 is 35.6 Å². The summed E-state index contributed by atoms with van der Waals surface area (Å²) in [4.78, 5) is 6.59. The largest absolute Gasteiger partial charge is 0.495 e. The molecule has 0 amide bonds. The Bertz CT molecular complexity index is 821. The van der Waals surface area contributed by atoms with Gasteiger partial charge < -0.3 is 20.3 Å². The van der Waals surface area contributed by atoms with Crippen LogP contribution in [-0.2, 0) is 6.54 Å². The Morgan fingerprint density at radius 1 is 1.32 bits per heavy atom. The third-order valence-electron chi connectivity index (χ3n) is 4.62. The number of rotatable bonds is 5. The maximum atomic E-state index is 13.3. The topological polar surface area (TPSA) is 48.9 Å². The van der Waals surface area contributed by atoms with E-state index in [4.69, 9.17) is 16.3 Å². The maximum absolute atomic E-state index is 13.3. The van der Waals surface area contributed by atoms with E-state index in [-0.39, 0.29) is 35.0 Å². The molecule has 2 aromatic carbocycles. The van der Waals surface area contributed by atoms with Crippen LogP contribution in [0.1, 0.15) is 12.0 Å². The molecule has 1 aliphatic rings. The highest BCUT2D eigenvalue weighted by molar-refractivity contribution is 14.0. The lowest BCUT2D eigenvalue weighted by atomic mass is 10.2. The summed E-state index contributed by atoms with van der Waals surface area (Å²) in [5.74, 6) is 1.18. The van der Waals surface area contributed by atoms with Crippen LogP contribution in [0.2, 0.25) is 5.02 Å². The second-order valence-electron chi connectivity index (χ2n) is 6.42. The van der Waals surface area contributed by atoms with Gasteiger partial charge in [0.2, 0.25) is 0 Å². The van der Waals surface area contributed by atoms with Crippen LogP contribution in [0.5, 0.6) is 5.75 Å². The van der Waals surface area contributed by atoms with Gasteiger partial charge in [0, 0.05) is 32.7 Å². The van der Waals surface area contributed by atoms with E-state index in [1.165, 1.54) is 6.07 Å². The summed E-state index contributed by atoms with van der Waals surface area (Å²) in [7, 11) is 3.43. The number of ether oxygens (including phenoxy) is 1. The van der Waals surface area contributed by atoms with Crippen molar-refractivity contribution in [2.45, 2.75) is 19.0 Å². The molecule has 1 atom stereocenters. The molecule has 2 N–H and O–H groups in total. The predicted octanol–water partition coefficient (Wildman–Crippen LogP) is 4.05. The number of anilines is 1. The number of para-hydroxylation sites is 2. The number of hydrogen-bond acceptors (Lipinski definition) is 3. The highest BCUT2D eigenvalue weighted by Crippen LogP contribution is 2.30. The quantitative estimate of drug-likeness (QED) is 0.356. The lowest BCUT2D eigenvalue weighted by Crippen LogP contribution is -2.44. The van der Waals surface area contributed by atoms with Gasteiger partial charge in [-0.25, -0.2) is 4.39 Å². The van der Waals surface area contributed by atoms with Crippen molar-refractivity contribution >= 4 is 47.2 Å². The van der Waals surface area contributed by atoms with Crippen LogP contribution in [0.3, 0.4) is 0 Å². The van der Waals surface area contributed by atoms with E-state index in [2.05, 4.69) is 26.6 Å². The number of nitrogens with zero attached hydrogens (tertiary/aromatic N) is 2. The summed E-state index contributed by atoms with van der Waals surface area (Å²) in [6.45, 7) is 2.33. The molecule has 0 aliphatic carbocycles. The van der Waals surface area contributed by atoms with E-state index in [0.717, 1.165) is 36.5 Å². The number of halogens is 3. The first-order valence-corrected chi connectivity index (χ1v) is 9.27. The van der Waals surface area contributed by atoms with Crippen molar-refractivity contribution < 1.29 is 9.13 Å². The van der Waals surface area contributed by atoms with Gasteiger partial charge >= 0.3 is 0 Å². The van der Waals surface area contributed by atoms with Crippen LogP contribution in [0.25, 0.3) is 0 Å². The van der Waals surface area contributed by atoms with Gasteiger partial charge in [0.05, 0.1) is 17.8 Å². The molecule has 3 rings (SSSR count). The minimum atomic E-state index is -0.412. The Morgan fingerprint density at radius 3 is 2.82 bits per heavy atom. The smallest absolute Gasteiger partial charge is 0.191 e. The lowest BCUT2D eigenvalue weighted by molar-refractivity contribution is 0.415. The normalized spacial score (nSPS) is 16.5. The van der Waals surface area contributed by atoms with Gasteiger partial charge in [-0.15, -0.1) is 24.0 Å². The van der Waals surface area contributed by atoms with Crippen molar-refractivity contribution in [3.05, 3.63) is 58.9 Å². The fourth-order valence-corrected chi connectivity index (χ4v) is 3.41. The van der Waals surface area contributed by atoms with E-state index in [1.54, 1.807) is 26.3 Å². The van der Waals surface area contributed by atoms with Gasteiger partial charge in [-0.1, -0.05) is 29.8 Å². The van der Waals surface area contributed by atoms with Gasteiger partial charge in [0.15, 0.2) is 5.96 Å². The molecule has 0 bridgehead atoms. The molecule has 1 aliphatic heterocycles. The molecular formula is C20H25ClFIN4O. The molecule has 1 unspecified atom stereocenters. The molecule has 1 fully saturated rings. The van der Waals surface area contributed by atoms with Crippen molar-refractivity contribution in [3.8, 4) is 5.75 Å². The zero-order valence-electron chi connectivity index (χ0n) is 15.9. The van der Waals surface area contributed by atoms with Crippen LogP contribution in [0.15, 0.2) is 47.5 Å². The predicted molar refractivity (Wildman–Crippen MR) is 124 cm³/mol. The van der Waals surface area contributed by atoms with Crippen LogP contribution < -0.4 is 20.3 Å². The van der Waals surface area contributed by atoms with E-state index >= 15 is 0 Å². The number of benzene rings is 2. The Hall–Kier alpha value is -1.74. The van der Waals surface area contributed by atoms with Gasteiger partial charge in [-0.3, -0.25) is 4.99 Å². The number of hydrogen-bond donors (Lipinski definition) is 2. The Balaban J connectivity index is 0.00000280. The summed E-state index contributed by atoms with van der Waals surface area (Å²) in [6, 6.07) is 13.0. The average Bonchev–Trinajstić information content (AvgIpc) is 3.16. The molecule has 28 heavy (non-hydrogen) atoms. The minimum Gasteiger partial charge on any atom is -0.495 e. The minimum absolute atomic E-state index is 0. The molecule has 152 valence electrons. The summed E-state index contributed by atoms with van der Waals surface area (Å²) in [5.41, 5.74) is 2.00. The van der Waals surface area contributed by atoms with Crippen LogP contribution in [0, 0.1) is 5.82 Å². The molecule has 0 spiro atoms. The zero-order chi connectivity index (χ0) is 19.2. The van der Waals surface area contributed by atoms with Crippen molar-refractivity contribution in [2.24, 2.45) is 4.99 Å². The van der Waals surface area contributed by atoms with Crippen molar-refractivity contribution in [3.63, 3.8) is 0 Å². The number of methoxy groups -OCH3 is 1. The number of aliphatic imine (C=N–C) groups is 1. The van der Waals surface area contributed by atoms with Crippen molar-refractivity contribution in [1.82, 2.24) is 10.6 Å². The molecule has 5 nitrogen and oxygen atoms in total. The second-order valence-corrected chi connectivity index (χ2v) is 6.83. The third-order valence-corrected chi connectivity index (χ3v) is 4.91. The fraction of sp³-hybridized carbons (Fsp3) is 0.350.